The maximum Gasteiger partial charge on any atom is 0.261 e. The fourth-order valence-corrected chi connectivity index (χ4v) is 3.44. The smallest absolute Gasteiger partial charge is 0.261 e. The molecule has 0 saturated carbocycles. The SMILES string of the molecule is COc1cccc(NS(=O)(=O)c2ccc3c(c2)CNC3)c1. The van der Waals surface area contributed by atoms with Crippen molar-refractivity contribution in [2.75, 3.05) is 11.8 Å². The predicted molar refractivity (Wildman–Crippen MR) is 80.8 cm³/mol. The molecule has 3 rings (SSSR count). The molecule has 5 nitrogen and oxygen atoms in total. The Morgan fingerprint density at radius 2 is 1.90 bits per heavy atom. The Hall–Kier alpha value is -2.05. The summed E-state index contributed by atoms with van der Waals surface area (Å²) < 4.78 is 32.5. The van der Waals surface area contributed by atoms with Crippen LogP contribution in [-0.4, -0.2) is 15.5 Å². The van der Waals surface area contributed by atoms with Crippen molar-refractivity contribution in [3.63, 3.8) is 0 Å². The van der Waals surface area contributed by atoms with Crippen LogP contribution >= 0.6 is 0 Å². The first-order valence-corrected chi connectivity index (χ1v) is 8.06. The summed E-state index contributed by atoms with van der Waals surface area (Å²) in [6.45, 7) is 1.50. The minimum absolute atomic E-state index is 0.271. The van der Waals surface area contributed by atoms with Crippen LogP contribution in [0.4, 0.5) is 5.69 Å². The molecule has 0 saturated heterocycles. The van der Waals surface area contributed by atoms with E-state index in [9.17, 15) is 8.42 Å². The molecule has 0 radical (unpaired) electrons. The number of ether oxygens (including phenoxy) is 1. The zero-order chi connectivity index (χ0) is 14.9. The maximum absolute atomic E-state index is 12.4. The first-order valence-electron chi connectivity index (χ1n) is 6.58. The van der Waals surface area contributed by atoms with Gasteiger partial charge >= 0.3 is 0 Å². The molecule has 0 atom stereocenters. The largest absolute Gasteiger partial charge is 0.497 e. The number of rotatable bonds is 4. The van der Waals surface area contributed by atoms with Crippen LogP contribution < -0.4 is 14.8 Å². The molecule has 2 N–H and O–H groups in total. The topological polar surface area (TPSA) is 67.4 Å². The van der Waals surface area contributed by atoms with Gasteiger partial charge in [0.1, 0.15) is 5.75 Å². The highest BCUT2D eigenvalue weighted by atomic mass is 32.2. The van der Waals surface area contributed by atoms with Crippen LogP contribution in [0.15, 0.2) is 47.4 Å². The Morgan fingerprint density at radius 3 is 2.71 bits per heavy atom. The van der Waals surface area contributed by atoms with E-state index in [0.29, 0.717) is 18.0 Å². The molecule has 0 spiro atoms. The lowest BCUT2D eigenvalue weighted by Crippen LogP contribution is -2.13. The summed E-state index contributed by atoms with van der Waals surface area (Å²) in [5, 5.41) is 3.20. The number of fused-ring (bicyclic) bond motifs is 1. The van der Waals surface area contributed by atoms with E-state index >= 15 is 0 Å². The van der Waals surface area contributed by atoms with Crippen LogP contribution in [0.25, 0.3) is 0 Å². The van der Waals surface area contributed by atoms with Gasteiger partial charge in [-0.05, 0) is 35.4 Å². The van der Waals surface area contributed by atoms with Crippen molar-refractivity contribution in [1.29, 1.82) is 0 Å². The van der Waals surface area contributed by atoms with E-state index in [-0.39, 0.29) is 4.90 Å². The van der Waals surface area contributed by atoms with Gasteiger partial charge in [0.2, 0.25) is 0 Å². The lowest BCUT2D eigenvalue weighted by molar-refractivity contribution is 0.415. The molecule has 0 aliphatic carbocycles. The summed E-state index contributed by atoms with van der Waals surface area (Å²) in [5.74, 6) is 0.605. The van der Waals surface area contributed by atoms with Crippen LogP contribution in [0, 0.1) is 0 Å². The van der Waals surface area contributed by atoms with Crippen LogP contribution in [0.5, 0.6) is 5.75 Å². The predicted octanol–water partition coefficient (Wildman–Crippen LogP) is 2.10. The Labute approximate surface area is 124 Å². The van der Waals surface area contributed by atoms with Gasteiger partial charge in [-0.3, -0.25) is 4.72 Å². The second-order valence-electron chi connectivity index (χ2n) is 4.87. The van der Waals surface area contributed by atoms with E-state index in [2.05, 4.69) is 10.0 Å². The third kappa shape index (κ3) is 2.86. The minimum atomic E-state index is -3.59. The summed E-state index contributed by atoms with van der Waals surface area (Å²) >= 11 is 0. The van der Waals surface area contributed by atoms with E-state index in [4.69, 9.17) is 4.74 Å². The standard InChI is InChI=1S/C15H16N2O3S/c1-20-14-4-2-3-13(8-14)17-21(18,19)15-6-5-11-9-16-10-12(11)7-15/h2-8,16-17H,9-10H2,1H3. The van der Waals surface area contributed by atoms with Gasteiger partial charge in [-0.1, -0.05) is 12.1 Å². The third-order valence-electron chi connectivity index (χ3n) is 3.44. The Balaban J connectivity index is 1.89. The number of nitrogens with one attached hydrogen (secondary N) is 2. The molecule has 1 heterocycles. The molecule has 0 aromatic heterocycles. The molecule has 1 aliphatic rings. The van der Waals surface area contributed by atoms with Gasteiger partial charge in [0.15, 0.2) is 0 Å². The van der Waals surface area contributed by atoms with Crippen molar-refractivity contribution < 1.29 is 13.2 Å². The first-order chi connectivity index (χ1) is 10.1. The van der Waals surface area contributed by atoms with E-state index in [0.717, 1.165) is 17.7 Å². The molecule has 0 amide bonds. The first kappa shape index (κ1) is 13.9. The van der Waals surface area contributed by atoms with E-state index in [1.54, 1.807) is 43.5 Å². The molecule has 110 valence electrons. The van der Waals surface area contributed by atoms with Crippen LogP contribution in [0.2, 0.25) is 0 Å². The van der Waals surface area contributed by atoms with Gasteiger partial charge in [0, 0.05) is 19.2 Å². The maximum atomic E-state index is 12.4. The Bertz CT molecular complexity index is 772. The molecule has 0 unspecified atom stereocenters. The fourth-order valence-electron chi connectivity index (χ4n) is 2.34. The lowest BCUT2D eigenvalue weighted by atomic mass is 10.1. The molecule has 0 fully saturated rings. The number of hydrogen-bond acceptors (Lipinski definition) is 4. The average Bonchev–Trinajstić information content (AvgIpc) is 2.94. The van der Waals surface area contributed by atoms with Gasteiger partial charge < -0.3 is 10.1 Å². The molecule has 0 bridgehead atoms. The van der Waals surface area contributed by atoms with Crippen molar-refractivity contribution in [1.82, 2.24) is 5.32 Å². The lowest BCUT2D eigenvalue weighted by Gasteiger charge is -2.10. The van der Waals surface area contributed by atoms with E-state index in [1.165, 1.54) is 0 Å². The van der Waals surface area contributed by atoms with Crippen LogP contribution in [0.3, 0.4) is 0 Å². The van der Waals surface area contributed by atoms with Gasteiger partial charge in [-0.15, -0.1) is 0 Å². The second-order valence-corrected chi connectivity index (χ2v) is 6.55. The van der Waals surface area contributed by atoms with Gasteiger partial charge in [0.05, 0.1) is 17.7 Å². The van der Waals surface area contributed by atoms with E-state index < -0.39 is 10.0 Å². The second kappa shape index (κ2) is 5.38. The highest BCUT2D eigenvalue weighted by Gasteiger charge is 2.18. The highest BCUT2D eigenvalue weighted by Crippen LogP contribution is 2.23. The summed E-state index contributed by atoms with van der Waals surface area (Å²) in [5.41, 5.74) is 2.66. The molecule has 2 aromatic rings. The minimum Gasteiger partial charge on any atom is -0.497 e. The molecular formula is C15H16N2O3S. The molecule has 1 aliphatic heterocycles. The quantitative estimate of drug-likeness (QED) is 0.908. The van der Waals surface area contributed by atoms with Gasteiger partial charge in [0.25, 0.3) is 10.0 Å². The Morgan fingerprint density at radius 1 is 1.10 bits per heavy atom. The zero-order valence-corrected chi connectivity index (χ0v) is 12.4. The monoisotopic (exact) mass is 304 g/mol. The Kier molecular flexibility index (Phi) is 3.57. The number of methoxy groups -OCH3 is 1. The summed E-state index contributed by atoms with van der Waals surface area (Å²) in [6, 6.07) is 12.0. The number of hydrogen-bond donors (Lipinski definition) is 2. The summed E-state index contributed by atoms with van der Waals surface area (Å²) in [7, 11) is -2.05. The summed E-state index contributed by atoms with van der Waals surface area (Å²) in [6.07, 6.45) is 0. The van der Waals surface area contributed by atoms with Crippen molar-refractivity contribution in [2.24, 2.45) is 0 Å². The molecule has 2 aromatic carbocycles. The fraction of sp³-hybridized carbons (Fsp3) is 0.200. The molecule has 6 heteroatoms. The van der Waals surface area contributed by atoms with Crippen molar-refractivity contribution >= 4 is 15.7 Å². The number of sulfonamides is 1. The third-order valence-corrected chi connectivity index (χ3v) is 4.82. The summed E-state index contributed by atoms with van der Waals surface area (Å²) in [4.78, 5) is 0.271. The molecular weight excluding hydrogens is 288 g/mol. The number of benzene rings is 2. The zero-order valence-electron chi connectivity index (χ0n) is 11.6. The highest BCUT2D eigenvalue weighted by molar-refractivity contribution is 7.92. The van der Waals surface area contributed by atoms with Gasteiger partial charge in [-0.25, -0.2) is 8.42 Å². The van der Waals surface area contributed by atoms with E-state index in [1.807, 2.05) is 6.07 Å². The van der Waals surface area contributed by atoms with Gasteiger partial charge in [-0.2, -0.15) is 0 Å². The van der Waals surface area contributed by atoms with Crippen molar-refractivity contribution in [3.05, 3.63) is 53.6 Å². The van der Waals surface area contributed by atoms with Crippen molar-refractivity contribution in [3.8, 4) is 5.75 Å². The van der Waals surface area contributed by atoms with Crippen molar-refractivity contribution in [2.45, 2.75) is 18.0 Å². The molecule has 21 heavy (non-hydrogen) atoms. The number of anilines is 1. The van der Waals surface area contributed by atoms with Crippen LogP contribution in [0.1, 0.15) is 11.1 Å². The van der Waals surface area contributed by atoms with Crippen LogP contribution in [-0.2, 0) is 23.1 Å². The normalized spacial score (nSPS) is 13.8. The average molecular weight is 304 g/mol.